The van der Waals surface area contributed by atoms with Gasteiger partial charge >= 0.3 is 6.18 Å². The first-order valence-electron chi connectivity index (χ1n) is 4.09. The van der Waals surface area contributed by atoms with Crippen molar-refractivity contribution in [2.45, 2.75) is 11.0 Å². The molecule has 1 unspecified atom stereocenters. The predicted molar refractivity (Wildman–Crippen MR) is 66.1 cm³/mol. The van der Waals surface area contributed by atoms with E-state index in [9.17, 15) is 13.2 Å². The van der Waals surface area contributed by atoms with Crippen LogP contribution in [-0.4, -0.2) is 17.6 Å². The lowest BCUT2D eigenvalue weighted by Gasteiger charge is -2.15. The van der Waals surface area contributed by atoms with E-state index in [1.54, 1.807) is 18.2 Å². The summed E-state index contributed by atoms with van der Waals surface area (Å²) in [5.74, 6) is 0.372. The molecule has 0 N–H and O–H groups in total. The van der Waals surface area contributed by atoms with Gasteiger partial charge in [-0.2, -0.15) is 13.2 Å². The van der Waals surface area contributed by atoms with Gasteiger partial charge in [0.15, 0.2) is 0 Å². The average molecular weight is 427 g/mol. The van der Waals surface area contributed by atoms with Crippen LogP contribution in [0.25, 0.3) is 0 Å². The summed E-state index contributed by atoms with van der Waals surface area (Å²) in [7, 11) is 0. The van der Waals surface area contributed by atoms with Crippen LogP contribution in [0.4, 0.5) is 13.2 Å². The topological polar surface area (TPSA) is 9.23 Å². The van der Waals surface area contributed by atoms with Crippen molar-refractivity contribution in [2.24, 2.45) is 0 Å². The van der Waals surface area contributed by atoms with E-state index < -0.39 is 17.6 Å². The Morgan fingerprint density at radius 1 is 1.25 bits per heavy atom. The monoisotopic (exact) mass is 424 g/mol. The first-order valence-corrected chi connectivity index (χ1v) is 6.59. The van der Waals surface area contributed by atoms with Gasteiger partial charge in [0.2, 0.25) is 0 Å². The van der Waals surface area contributed by atoms with Crippen LogP contribution in [0, 0.1) is 0 Å². The number of rotatable bonds is 3. The molecular formula is C9H6Br3F3O. The molecule has 0 aliphatic heterocycles. The van der Waals surface area contributed by atoms with Crippen molar-refractivity contribution in [1.29, 1.82) is 0 Å². The van der Waals surface area contributed by atoms with E-state index in [2.05, 4.69) is 47.8 Å². The molecule has 0 radical (unpaired) electrons. The zero-order valence-electron chi connectivity index (χ0n) is 7.69. The molecule has 0 aliphatic carbocycles. The van der Waals surface area contributed by atoms with E-state index in [-0.39, 0.29) is 0 Å². The summed E-state index contributed by atoms with van der Waals surface area (Å²) in [6, 6.07) is 4.98. The highest BCUT2D eigenvalue weighted by molar-refractivity contribution is 9.11. The minimum absolute atomic E-state index is 0.372. The van der Waals surface area contributed by atoms with Gasteiger partial charge in [0.05, 0.1) is 4.47 Å². The lowest BCUT2D eigenvalue weighted by Crippen LogP contribution is -2.28. The molecule has 0 amide bonds. The van der Waals surface area contributed by atoms with Gasteiger partial charge in [-0.3, -0.25) is 0 Å². The Morgan fingerprint density at radius 3 is 2.38 bits per heavy atom. The largest absolute Gasteiger partial charge is 0.491 e. The molecule has 1 atom stereocenters. The van der Waals surface area contributed by atoms with Crippen molar-refractivity contribution in [3.05, 3.63) is 27.1 Å². The van der Waals surface area contributed by atoms with Crippen molar-refractivity contribution < 1.29 is 17.9 Å². The lowest BCUT2D eigenvalue weighted by atomic mass is 10.3. The molecular weight excluding hydrogens is 421 g/mol. The van der Waals surface area contributed by atoms with Gasteiger partial charge in [-0.1, -0.05) is 31.9 Å². The van der Waals surface area contributed by atoms with Crippen molar-refractivity contribution >= 4 is 47.8 Å². The van der Waals surface area contributed by atoms with Gasteiger partial charge in [-0.05, 0) is 34.1 Å². The fraction of sp³-hybridized carbons (Fsp3) is 0.333. The average Bonchev–Trinajstić information content (AvgIpc) is 2.14. The number of halogens is 6. The van der Waals surface area contributed by atoms with E-state index in [1.807, 2.05) is 0 Å². The normalized spacial score (nSPS) is 13.6. The molecule has 0 heterocycles. The van der Waals surface area contributed by atoms with Crippen LogP contribution < -0.4 is 4.74 Å². The van der Waals surface area contributed by atoms with Crippen molar-refractivity contribution in [3.63, 3.8) is 0 Å². The zero-order valence-corrected chi connectivity index (χ0v) is 12.5. The Labute approximate surface area is 116 Å². The Morgan fingerprint density at radius 2 is 1.88 bits per heavy atom. The summed E-state index contributed by atoms with van der Waals surface area (Å²) in [6.45, 7) is -0.469. The van der Waals surface area contributed by atoms with Crippen LogP contribution >= 0.6 is 47.8 Å². The number of ether oxygens (including phenoxy) is 1. The van der Waals surface area contributed by atoms with Gasteiger partial charge < -0.3 is 4.74 Å². The van der Waals surface area contributed by atoms with E-state index >= 15 is 0 Å². The van der Waals surface area contributed by atoms with Crippen LogP contribution in [0.2, 0.25) is 0 Å². The highest BCUT2D eigenvalue weighted by atomic mass is 79.9. The Bertz CT molecular complexity index is 368. The van der Waals surface area contributed by atoms with Gasteiger partial charge in [-0.25, -0.2) is 0 Å². The van der Waals surface area contributed by atoms with Crippen molar-refractivity contribution in [3.8, 4) is 5.75 Å². The number of benzene rings is 1. The smallest absolute Gasteiger partial charge is 0.404 e. The molecule has 0 saturated heterocycles. The third kappa shape index (κ3) is 4.25. The van der Waals surface area contributed by atoms with Gasteiger partial charge in [-0.15, -0.1) is 0 Å². The Kier molecular flexibility index (Phi) is 5.12. The van der Waals surface area contributed by atoms with Crippen LogP contribution in [0.1, 0.15) is 0 Å². The third-order valence-electron chi connectivity index (χ3n) is 1.63. The molecule has 1 rings (SSSR count). The standard InChI is InChI=1S/C9H6Br3F3O/c10-5-1-2-7(6(11)3-5)16-4-8(12)9(13,14)15/h1-3,8H,4H2. The molecule has 1 aromatic carbocycles. The van der Waals surface area contributed by atoms with Crippen LogP contribution in [-0.2, 0) is 0 Å². The van der Waals surface area contributed by atoms with Crippen LogP contribution in [0.3, 0.4) is 0 Å². The maximum atomic E-state index is 12.2. The molecule has 1 nitrogen and oxygen atoms in total. The molecule has 0 bridgehead atoms. The third-order valence-corrected chi connectivity index (χ3v) is 3.53. The molecule has 0 spiro atoms. The van der Waals surface area contributed by atoms with E-state index in [0.717, 1.165) is 4.47 Å². The van der Waals surface area contributed by atoms with Crippen LogP contribution in [0.15, 0.2) is 27.1 Å². The summed E-state index contributed by atoms with van der Waals surface area (Å²) >= 11 is 8.95. The highest BCUT2D eigenvalue weighted by Crippen LogP contribution is 2.31. The molecule has 0 saturated carbocycles. The molecule has 0 aromatic heterocycles. The number of alkyl halides is 4. The quantitative estimate of drug-likeness (QED) is 0.624. The van der Waals surface area contributed by atoms with Gasteiger partial charge in [0.1, 0.15) is 17.2 Å². The van der Waals surface area contributed by atoms with E-state index in [4.69, 9.17) is 4.74 Å². The molecule has 90 valence electrons. The summed E-state index contributed by atoms with van der Waals surface area (Å²) in [5, 5.41) is 0. The Balaban J connectivity index is 2.62. The summed E-state index contributed by atoms with van der Waals surface area (Å²) in [4.78, 5) is -1.67. The minimum atomic E-state index is -4.30. The first kappa shape index (κ1) is 14.3. The fourth-order valence-corrected chi connectivity index (χ4v) is 2.14. The molecule has 0 fully saturated rings. The maximum absolute atomic E-state index is 12.2. The van der Waals surface area contributed by atoms with Crippen LogP contribution in [0.5, 0.6) is 5.75 Å². The lowest BCUT2D eigenvalue weighted by molar-refractivity contribution is -0.132. The SMILES string of the molecule is FC(F)(F)C(Br)COc1ccc(Br)cc1Br. The maximum Gasteiger partial charge on any atom is 0.404 e. The summed E-state index contributed by atoms with van der Waals surface area (Å²) < 4.78 is 43.0. The molecule has 0 aliphatic rings. The molecule has 7 heteroatoms. The second-order valence-corrected chi connectivity index (χ2v) is 5.77. The molecule has 1 aromatic rings. The van der Waals surface area contributed by atoms with Crippen molar-refractivity contribution in [2.75, 3.05) is 6.61 Å². The van der Waals surface area contributed by atoms with E-state index in [0.29, 0.717) is 10.2 Å². The first-order chi connectivity index (χ1) is 7.30. The minimum Gasteiger partial charge on any atom is -0.491 e. The molecule has 16 heavy (non-hydrogen) atoms. The second kappa shape index (κ2) is 5.73. The fourth-order valence-electron chi connectivity index (χ4n) is 0.850. The van der Waals surface area contributed by atoms with Gasteiger partial charge in [0, 0.05) is 4.47 Å². The van der Waals surface area contributed by atoms with Gasteiger partial charge in [0.25, 0.3) is 0 Å². The number of hydrogen-bond acceptors (Lipinski definition) is 1. The summed E-state index contributed by atoms with van der Waals surface area (Å²) in [6.07, 6.45) is -4.30. The number of hydrogen-bond donors (Lipinski definition) is 0. The summed E-state index contributed by atoms with van der Waals surface area (Å²) in [5.41, 5.74) is 0. The van der Waals surface area contributed by atoms with E-state index in [1.165, 1.54) is 0 Å². The zero-order chi connectivity index (χ0) is 12.3. The predicted octanol–water partition coefficient (Wildman–Crippen LogP) is 4.92. The van der Waals surface area contributed by atoms with Crippen molar-refractivity contribution in [1.82, 2.24) is 0 Å². The second-order valence-electron chi connectivity index (χ2n) is 2.89. The highest BCUT2D eigenvalue weighted by Gasteiger charge is 2.38. The Hall–Kier alpha value is 0.250.